The fourth-order valence-electron chi connectivity index (χ4n) is 2.90. The number of nitrogens with zero attached hydrogens (tertiary/aromatic N) is 4. The first-order valence-corrected chi connectivity index (χ1v) is 10.2. The second-order valence-corrected chi connectivity index (χ2v) is 8.56. The Balaban J connectivity index is 1.72. The second-order valence-electron chi connectivity index (χ2n) is 6.62. The van der Waals surface area contributed by atoms with Gasteiger partial charge in [-0.15, -0.1) is 0 Å². The van der Waals surface area contributed by atoms with Crippen molar-refractivity contribution in [3.05, 3.63) is 42.0 Å². The van der Waals surface area contributed by atoms with Crippen molar-refractivity contribution in [2.24, 2.45) is 0 Å². The van der Waals surface area contributed by atoms with Crippen molar-refractivity contribution >= 4 is 15.8 Å². The van der Waals surface area contributed by atoms with Gasteiger partial charge >= 0.3 is 0 Å². The van der Waals surface area contributed by atoms with Crippen LogP contribution < -0.4 is 9.64 Å². The summed E-state index contributed by atoms with van der Waals surface area (Å²) in [5.41, 5.74) is 0. The summed E-state index contributed by atoms with van der Waals surface area (Å²) in [6, 6.07) is 6.67. The van der Waals surface area contributed by atoms with E-state index in [2.05, 4.69) is 9.97 Å². The van der Waals surface area contributed by atoms with Gasteiger partial charge in [-0.3, -0.25) is 0 Å². The maximum absolute atomic E-state index is 13.1. The van der Waals surface area contributed by atoms with E-state index in [-0.39, 0.29) is 11.0 Å². The van der Waals surface area contributed by atoms with Crippen LogP contribution in [0.2, 0.25) is 0 Å². The predicted octanol–water partition coefficient (Wildman–Crippen LogP) is 2.22. The average Bonchev–Trinajstić information content (AvgIpc) is 2.61. The van der Waals surface area contributed by atoms with Crippen molar-refractivity contribution in [1.29, 1.82) is 0 Å². The molecule has 0 spiro atoms. The molecule has 0 saturated carbocycles. The van der Waals surface area contributed by atoms with Gasteiger partial charge in [0.25, 0.3) is 0 Å². The highest BCUT2D eigenvalue weighted by Crippen LogP contribution is 2.23. The molecule has 7 nitrogen and oxygen atoms in total. The van der Waals surface area contributed by atoms with E-state index in [1.54, 1.807) is 13.0 Å². The first kappa shape index (κ1) is 19.5. The highest BCUT2D eigenvalue weighted by molar-refractivity contribution is 7.89. The Morgan fingerprint density at radius 2 is 1.70 bits per heavy atom. The summed E-state index contributed by atoms with van der Waals surface area (Å²) >= 11 is 0. The number of piperazine rings is 1. The zero-order chi connectivity index (χ0) is 19.6. The Labute approximate surface area is 158 Å². The van der Waals surface area contributed by atoms with Crippen molar-refractivity contribution < 1.29 is 17.5 Å². The Morgan fingerprint density at radius 3 is 2.30 bits per heavy atom. The lowest BCUT2D eigenvalue weighted by molar-refractivity contribution is 0.231. The van der Waals surface area contributed by atoms with E-state index in [1.807, 2.05) is 18.7 Å². The highest BCUT2D eigenvalue weighted by Gasteiger charge is 2.29. The van der Waals surface area contributed by atoms with Crippen LogP contribution in [0.4, 0.5) is 10.2 Å². The number of ether oxygens (including phenoxy) is 1. The number of aryl methyl sites for hydroxylation is 1. The summed E-state index contributed by atoms with van der Waals surface area (Å²) < 4.78 is 45.6. The van der Waals surface area contributed by atoms with Gasteiger partial charge in [0.15, 0.2) is 0 Å². The Kier molecular flexibility index (Phi) is 5.61. The number of rotatable bonds is 5. The van der Waals surface area contributed by atoms with Crippen LogP contribution in [0.25, 0.3) is 0 Å². The molecule has 0 bridgehead atoms. The molecule has 2 heterocycles. The van der Waals surface area contributed by atoms with E-state index in [9.17, 15) is 12.8 Å². The fraction of sp³-hybridized carbons (Fsp3) is 0.444. The summed E-state index contributed by atoms with van der Waals surface area (Å²) in [4.78, 5) is 10.8. The third-order valence-electron chi connectivity index (χ3n) is 4.17. The van der Waals surface area contributed by atoms with Gasteiger partial charge in [-0.2, -0.15) is 9.29 Å². The lowest BCUT2D eigenvalue weighted by atomic mass is 10.3. The number of hydrogen-bond acceptors (Lipinski definition) is 6. The molecule has 1 fully saturated rings. The normalized spacial score (nSPS) is 16.0. The lowest BCUT2D eigenvalue weighted by Gasteiger charge is -2.34. The zero-order valence-corrected chi connectivity index (χ0v) is 16.4. The average molecular weight is 394 g/mol. The quantitative estimate of drug-likeness (QED) is 0.774. The summed E-state index contributed by atoms with van der Waals surface area (Å²) in [6.45, 7) is 7.29. The van der Waals surface area contributed by atoms with Gasteiger partial charge in [-0.05, 0) is 45.0 Å². The molecule has 1 aromatic heterocycles. The summed E-state index contributed by atoms with van der Waals surface area (Å²) in [5.74, 6) is 1.37. The molecule has 0 amide bonds. The van der Waals surface area contributed by atoms with E-state index in [0.29, 0.717) is 37.9 Å². The van der Waals surface area contributed by atoms with Crippen LogP contribution in [0.1, 0.15) is 19.7 Å². The topological polar surface area (TPSA) is 75.6 Å². The molecule has 0 N–H and O–H groups in total. The van der Waals surface area contributed by atoms with Crippen molar-refractivity contribution in [2.75, 3.05) is 31.1 Å². The van der Waals surface area contributed by atoms with Crippen molar-refractivity contribution in [2.45, 2.75) is 31.8 Å². The minimum atomic E-state index is -3.63. The van der Waals surface area contributed by atoms with E-state index in [4.69, 9.17) is 4.74 Å². The molecule has 0 atom stereocenters. The standard InChI is InChI=1S/C18H23FN4O3S/c1-13(2)26-18-12-17(20-14(3)21-18)22-8-10-23(11-9-22)27(24,25)16-6-4-15(19)5-7-16/h4-7,12-13H,8-11H2,1-3H3. The first-order valence-electron chi connectivity index (χ1n) is 8.79. The largest absolute Gasteiger partial charge is 0.475 e. The van der Waals surface area contributed by atoms with Crippen LogP contribution in [0.3, 0.4) is 0 Å². The fourth-order valence-corrected chi connectivity index (χ4v) is 4.32. The maximum Gasteiger partial charge on any atom is 0.243 e. The van der Waals surface area contributed by atoms with Crippen molar-refractivity contribution in [3.8, 4) is 5.88 Å². The van der Waals surface area contributed by atoms with Gasteiger partial charge in [0, 0.05) is 32.2 Å². The number of hydrogen-bond donors (Lipinski definition) is 0. The minimum absolute atomic E-state index is 0.00449. The molecule has 2 aromatic rings. The molecule has 3 rings (SSSR count). The Bertz CT molecular complexity index is 895. The van der Waals surface area contributed by atoms with Gasteiger partial charge in [0.1, 0.15) is 17.5 Å². The summed E-state index contributed by atoms with van der Waals surface area (Å²) in [6.07, 6.45) is 0.00449. The van der Waals surface area contributed by atoms with Gasteiger partial charge in [0.05, 0.1) is 11.0 Å². The van der Waals surface area contributed by atoms with E-state index < -0.39 is 15.8 Å². The van der Waals surface area contributed by atoms with Crippen LogP contribution in [0.5, 0.6) is 5.88 Å². The lowest BCUT2D eigenvalue weighted by Crippen LogP contribution is -2.49. The zero-order valence-electron chi connectivity index (χ0n) is 15.6. The number of anilines is 1. The molecule has 27 heavy (non-hydrogen) atoms. The van der Waals surface area contributed by atoms with Crippen molar-refractivity contribution in [3.63, 3.8) is 0 Å². The molecule has 1 aliphatic rings. The molecular weight excluding hydrogens is 371 g/mol. The monoisotopic (exact) mass is 394 g/mol. The number of aromatic nitrogens is 2. The van der Waals surface area contributed by atoms with E-state index in [0.717, 1.165) is 18.0 Å². The molecule has 0 aliphatic carbocycles. The molecule has 0 radical (unpaired) electrons. The third kappa shape index (κ3) is 4.54. The Hall–Kier alpha value is -2.26. The van der Waals surface area contributed by atoms with Crippen LogP contribution >= 0.6 is 0 Å². The van der Waals surface area contributed by atoms with Crippen LogP contribution in [0, 0.1) is 12.7 Å². The van der Waals surface area contributed by atoms with E-state index >= 15 is 0 Å². The predicted molar refractivity (Wildman–Crippen MR) is 99.9 cm³/mol. The smallest absolute Gasteiger partial charge is 0.243 e. The number of halogens is 1. The SMILES string of the molecule is Cc1nc(OC(C)C)cc(N2CCN(S(=O)(=O)c3ccc(F)cc3)CC2)n1. The van der Waals surface area contributed by atoms with Gasteiger partial charge in [-0.25, -0.2) is 17.8 Å². The first-order chi connectivity index (χ1) is 12.8. The van der Waals surface area contributed by atoms with E-state index in [1.165, 1.54) is 16.4 Å². The molecule has 9 heteroatoms. The number of benzene rings is 1. The van der Waals surface area contributed by atoms with Crippen LogP contribution in [-0.4, -0.2) is 55.0 Å². The molecule has 1 saturated heterocycles. The van der Waals surface area contributed by atoms with Crippen LogP contribution in [0.15, 0.2) is 35.2 Å². The van der Waals surface area contributed by atoms with Crippen LogP contribution in [-0.2, 0) is 10.0 Å². The Morgan fingerprint density at radius 1 is 1.07 bits per heavy atom. The third-order valence-corrected chi connectivity index (χ3v) is 6.08. The molecule has 1 aliphatic heterocycles. The van der Waals surface area contributed by atoms with Gasteiger partial charge < -0.3 is 9.64 Å². The maximum atomic E-state index is 13.1. The summed E-state index contributed by atoms with van der Waals surface area (Å²) in [7, 11) is -3.63. The second kappa shape index (κ2) is 7.77. The molecular formula is C18H23FN4O3S. The van der Waals surface area contributed by atoms with Gasteiger partial charge in [0.2, 0.25) is 15.9 Å². The number of sulfonamides is 1. The molecule has 146 valence electrons. The minimum Gasteiger partial charge on any atom is -0.475 e. The molecule has 0 unspecified atom stereocenters. The van der Waals surface area contributed by atoms with Crippen molar-refractivity contribution in [1.82, 2.24) is 14.3 Å². The highest BCUT2D eigenvalue weighted by atomic mass is 32.2. The van der Waals surface area contributed by atoms with Gasteiger partial charge in [-0.1, -0.05) is 0 Å². The summed E-state index contributed by atoms with van der Waals surface area (Å²) in [5, 5.41) is 0. The molecule has 1 aromatic carbocycles.